The number of ether oxygens (including phenoxy) is 1. The number of hydrogen-bond acceptors (Lipinski definition) is 3. The first-order valence-corrected chi connectivity index (χ1v) is 5.57. The van der Waals surface area contributed by atoms with Crippen molar-refractivity contribution in [2.24, 2.45) is 0 Å². The van der Waals surface area contributed by atoms with Gasteiger partial charge in [0.25, 0.3) is 0 Å². The largest absolute Gasteiger partial charge is 0.379 e. The standard InChI is InChI=1S/C10H19N3O2/c1-13-4-2-8(6-13)11-10(14)12-9-3-5-15-7-9/h8-9H,2-7H2,1H3,(H2,11,12,14). The average Bonchev–Trinajstić information content (AvgIpc) is 2.77. The minimum absolute atomic E-state index is 0.0502. The van der Waals surface area contributed by atoms with Crippen molar-refractivity contribution in [1.29, 1.82) is 0 Å². The van der Waals surface area contributed by atoms with E-state index in [0.29, 0.717) is 12.6 Å². The first-order valence-electron chi connectivity index (χ1n) is 5.57. The van der Waals surface area contributed by atoms with E-state index in [0.717, 1.165) is 32.5 Å². The van der Waals surface area contributed by atoms with E-state index in [-0.39, 0.29) is 12.1 Å². The van der Waals surface area contributed by atoms with Crippen LogP contribution in [-0.4, -0.2) is 56.4 Å². The van der Waals surface area contributed by atoms with Gasteiger partial charge in [0, 0.05) is 19.2 Å². The van der Waals surface area contributed by atoms with Gasteiger partial charge in [0.15, 0.2) is 0 Å². The minimum Gasteiger partial charge on any atom is -0.379 e. The van der Waals surface area contributed by atoms with Crippen LogP contribution in [0.1, 0.15) is 12.8 Å². The summed E-state index contributed by atoms with van der Waals surface area (Å²) in [6.07, 6.45) is 1.98. The van der Waals surface area contributed by atoms with E-state index >= 15 is 0 Å². The first kappa shape index (κ1) is 10.7. The minimum atomic E-state index is -0.0502. The molecule has 2 aliphatic rings. The Morgan fingerprint density at radius 2 is 2.13 bits per heavy atom. The zero-order valence-corrected chi connectivity index (χ0v) is 9.16. The fraction of sp³-hybridized carbons (Fsp3) is 0.900. The van der Waals surface area contributed by atoms with Crippen LogP contribution >= 0.6 is 0 Å². The molecular weight excluding hydrogens is 194 g/mol. The van der Waals surface area contributed by atoms with Gasteiger partial charge >= 0.3 is 6.03 Å². The van der Waals surface area contributed by atoms with Crippen molar-refractivity contribution in [2.45, 2.75) is 24.9 Å². The average molecular weight is 213 g/mol. The number of nitrogens with zero attached hydrogens (tertiary/aromatic N) is 1. The van der Waals surface area contributed by atoms with Crippen LogP contribution in [-0.2, 0) is 4.74 Å². The third-order valence-corrected chi connectivity index (χ3v) is 2.99. The van der Waals surface area contributed by atoms with E-state index in [1.807, 2.05) is 0 Å². The molecular formula is C10H19N3O2. The van der Waals surface area contributed by atoms with Gasteiger partial charge in [0.05, 0.1) is 12.6 Å². The Morgan fingerprint density at radius 3 is 2.73 bits per heavy atom. The number of rotatable bonds is 2. The second-order valence-electron chi connectivity index (χ2n) is 4.43. The molecule has 5 heteroatoms. The number of amides is 2. The van der Waals surface area contributed by atoms with Crippen LogP contribution in [0.3, 0.4) is 0 Å². The van der Waals surface area contributed by atoms with Crippen molar-refractivity contribution < 1.29 is 9.53 Å². The predicted molar refractivity (Wildman–Crippen MR) is 56.8 cm³/mol. The molecule has 0 spiro atoms. The van der Waals surface area contributed by atoms with Crippen LogP contribution in [0.25, 0.3) is 0 Å². The van der Waals surface area contributed by atoms with Crippen molar-refractivity contribution in [3.8, 4) is 0 Å². The van der Waals surface area contributed by atoms with Gasteiger partial charge in [-0.2, -0.15) is 0 Å². The molecule has 5 nitrogen and oxygen atoms in total. The van der Waals surface area contributed by atoms with Crippen LogP contribution in [0.4, 0.5) is 4.79 Å². The summed E-state index contributed by atoms with van der Waals surface area (Å²) in [5.74, 6) is 0. The monoisotopic (exact) mass is 213 g/mol. The lowest BCUT2D eigenvalue weighted by atomic mass is 10.2. The number of carbonyl (C=O) groups is 1. The summed E-state index contributed by atoms with van der Waals surface area (Å²) in [7, 11) is 2.07. The highest BCUT2D eigenvalue weighted by atomic mass is 16.5. The third-order valence-electron chi connectivity index (χ3n) is 2.99. The van der Waals surface area contributed by atoms with E-state index in [1.54, 1.807) is 0 Å². The lowest BCUT2D eigenvalue weighted by Gasteiger charge is -2.16. The molecule has 2 amide bonds. The molecule has 2 fully saturated rings. The Labute approximate surface area is 90.1 Å². The number of likely N-dealkylation sites (tertiary alicyclic amines) is 1. The molecule has 2 unspecified atom stereocenters. The third kappa shape index (κ3) is 3.07. The Morgan fingerprint density at radius 1 is 1.33 bits per heavy atom. The van der Waals surface area contributed by atoms with E-state index in [9.17, 15) is 4.79 Å². The summed E-state index contributed by atoms with van der Waals surface area (Å²) < 4.78 is 5.19. The van der Waals surface area contributed by atoms with Gasteiger partial charge in [-0.15, -0.1) is 0 Å². The maximum atomic E-state index is 11.6. The van der Waals surface area contributed by atoms with Crippen LogP contribution < -0.4 is 10.6 Å². The van der Waals surface area contributed by atoms with Crippen molar-refractivity contribution in [1.82, 2.24) is 15.5 Å². The fourth-order valence-corrected chi connectivity index (χ4v) is 2.11. The summed E-state index contributed by atoms with van der Waals surface area (Å²) in [6.45, 7) is 3.43. The van der Waals surface area contributed by atoms with Crippen LogP contribution in [0, 0.1) is 0 Å². The van der Waals surface area contributed by atoms with Gasteiger partial charge in [-0.3, -0.25) is 0 Å². The lowest BCUT2D eigenvalue weighted by molar-refractivity contribution is 0.188. The Hall–Kier alpha value is -0.810. The molecule has 2 atom stereocenters. The number of likely N-dealkylation sites (N-methyl/N-ethyl adjacent to an activating group) is 1. The topological polar surface area (TPSA) is 53.6 Å². The molecule has 2 N–H and O–H groups in total. The van der Waals surface area contributed by atoms with Gasteiger partial charge in [-0.1, -0.05) is 0 Å². The summed E-state index contributed by atoms with van der Waals surface area (Å²) in [5, 5.41) is 5.92. The molecule has 2 aliphatic heterocycles. The predicted octanol–water partition coefficient (Wildman–Crippen LogP) is -0.221. The van der Waals surface area contributed by atoms with E-state index in [1.165, 1.54) is 0 Å². The molecule has 0 saturated carbocycles. The maximum absolute atomic E-state index is 11.6. The Bertz CT molecular complexity index is 229. The fourth-order valence-electron chi connectivity index (χ4n) is 2.11. The summed E-state index contributed by atoms with van der Waals surface area (Å²) in [4.78, 5) is 13.8. The van der Waals surface area contributed by atoms with Crippen LogP contribution in [0.5, 0.6) is 0 Å². The van der Waals surface area contributed by atoms with Gasteiger partial charge in [0.2, 0.25) is 0 Å². The molecule has 2 heterocycles. The Kier molecular flexibility index (Phi) is 3.43. The van der Waals surface area contributed by atoms with Gasteiger partial charge < -0.3 is 20.3 Å². The molecule has 86 valence electrons. The normalized spacial score (nSPS) is 31.8. The molecule has 0 aromatic heterocycles. The molecule has 0 aliphatic carbocycles. The van der Waals surface area contributed by atoms with Crippen molar-refractivity contribution >= 4 is 6.03 Å². The molecule has 0 radical (unpaired) electrons. The highest BCUT2D eigenvalue weighted by molar-refractivity contribution is 5.74. The molecule has 15 heavy (non-hydrogen) atoms. The zero-order valence-electron chi connectivity index (χ0n) is 9.16. The summed E-state index contributed by atoms with van der Waals surface area (Å²) in [5.41, 5.74) is 0. The van der Waals surface area contributed by atoms with Crippen molar-refractivity contribution in [3.63, 3.8) is 0 Å². The van der Waals surface area contributed by atoms with E-state index < -0.39 is 0 Å². The van der Waals surface area contributed by atoms with E-state index in [2.05, 4.69) is 22.6 Å². The van der Waals surface area contributed by atoms with Crippen molar-refractivity contribution in [3.05, 3.63) is 0 Å². The quantitative estimate of drug-likeness (QED) is 0.666. The van der Waals surface area contributed by atoms with Crippen molar-refractivity contribution in [2.75, 3.05) is 33.4 Å². The highest BCUT2D eigenvalue weighted by Crippen LogP contribution is 2.06. The Balaban J connectivity index is 1.67. The molecule has 0 bridgehead atoms. The highest BCUT2D eigenvalue weighted by Gasteiger charge is 2.23. The van der Waals surface area contributed by atoms with Crippen LogP contribution in [0.2, 0.25) is 0 Å². The molecule has 2 rings (SSSR count). The second kappa shape index (κ2) is 4.81. The smallest absolute Gasteiger partial charge is 0.315 e. The second-order valence-corrected chi connectivity index (χ2v) is 4.43. The number of nitrogens with one attached hydrogen (secondary N) is 2. The van der Waals surface area contributed by atoms with Gasteiger partial charge in [0.1, 0.15) is 0 Å². The molecule has 0 aromatic carbocycles. The SMILES string of the molecule is CN1CCC(NC(=O)NC2CCOC2)C1. The number of urea groups is 1. The van der Waals surface area contributed by atoms with Gasteiger partial charge in [-0.25, -0.2) is 4.79 Å². The van der Waals surface area contributed by atoms with Crippen LogP contribution in [0.15, 0.2) is 0 Å². The maximum Gasteiger partial charge on any atom is 0.315 e. The van der Waals surface area contributed by atoms with E-state index in [4.69, 9.17) is 4.74 Å². The summed E-state index contributed by atoms with van der Waals surface area (Å²) in [6, 6.07) is 0.451. The molecule has 2 saturated heterocycles. The molecule has 0 aromatic rings. The first-order chi connectivity index (χ1) is 7.24. The lowest BCUT2D eigenvalue weighted by Crippen LogP contribution is -2.47. The number of hydrogen-bond donors (Lipinski definition) is 2. The number of carbonyl (C=O) groups excluding carboxylic acids is 1. The van der Waals surface area contributed by atoms with Gasteiger partial charge in [-0.05, 0) is 26.4 Å². The zero-order chi connectivity index (χ0) is 10.7. The summed E-state index contributed by atoms with van der Waals surface area (Å²) >= 11 is 0.